The van der Waals surface area contributed by atoms with E-state index in [0.717, 1.165) is 12.1 Å². The molecule has 0 bridgehead atoms. The third-order valence-electron chi connectivity index (χ3n) is 6.71. The van der Waals surface area contributed by atoms with Gasteiger partial charge in [0.25, 0.3) is 5.91 Å². The van der Waals surface area contributed by atoms with E-state index in [-0.39, 0.29) is 17.7 Å². The molecule has 2 aromatic rings. The molecule has 2 aromatic carbocycles. The summed E-state index contributed by atoms with van der Waals surface area (Å²) in [5.41, 5.74) is 2.82. The van der Waals surface area contributed by atoms with Gasteiger partial charge < -0.3 is 9.80 Å². The summed E-state index contributed by atoms with van der Waals surface area (Å²) in [6.07, 6.45) is 2.88. The van der Waals surface area contributed by atoms with Crippen molar-refractivity contribution in [2.24, 2.45) is 0 Å². The maximum Gasteiger partial charge on any atom is 0.257 e. The molecule has 1 fully saturated rings. The number of rotatable bonds is 4. The summed E-state index contributed by atoms with van der Waals surface area (Å²) < 4.78 is 0. The van der Waals surface area contributed by atoms with Crippen molar-refractivity contribution >= 4 is 29.1 Å². The SMILES string of the molecule is C[C@@]12CCC(=O)N1c1ccccc1C(=O)N2CCCC(=O)N1CCc2ccccc21. The number of carbonyl (C=O) groups is 3. The van der Waals surface area contributed by atoms with Crippen LogP contribution in [0.25, 0.3) is 0 Å². The minimum atomic E-state index is -0.661. The van der Waals surface area contributed by atoms with Gasteiger partial charge in [0.2, 0.25) is 11.8 Å². The van der Waals surface area contributed by atoms with Crippen molar-refractivity contribution in [1.82, 2.24) is 4.90 Å². The van der Waals surface area contributed by atoms with Gasteiger partial charge in [0, 0.05) is 31.6 Å². The van der Waals surface area contributed by atoms with Crippen molar-refractivity contribution in [3.05, 3.63) is 59.7 Å². The fourth-order valence-electron chi connectivity index (χ4n) is 5.16. The molecule has 3 aliphatic rings. The van der Waals surface area contributed by atoms with Crippen LogP contribution in [-0.2, 0) is 16.0 Å². The van der Waals surface area contributed by atoms with E-state index in [1.807, 2.05) is 48.2 Å². The number of carbonyl (C=O) groups excluding carboxylic acids is 3. The van der Waals surface area contributed by atoms with E-state index in [4.69, 9.17) is 0 Å². The van der Waals surface area contributed by atoms with Crippen molar-refractivity contribution in [2.75, 3.05) is 22.9 Å². The predicted molar refractivity (Wildman–Crippen MR) is 114 cm³/mol. The molecular weight excluding hydrogens is 378 g/mol. The van der Waals surface area contributed by atoms with Crippen LogP contribution in [0.5, 0.6) is 0 Å². The Balaban J connectivity index is 1.32. The Kier molecular flexibility index (Phi) is 4.38. The summed E-state index contributed by atoms with van der Waals surface area (Å²) in [5, 5.41) is 0. The topological polar surface area (TPSA) is 60.9 Å². The van der Waals surface area contributed by atoms with Crippen LogP contribution in [0.4, 0.5) is 11.4 Å². The minimum absolute atomic E-state index is 0.0483. The van der Waals surface area contributed by atoms with Gasteiger partial charge in [0.1, 0.15) is 5.66 Å². The van der Waals surface area contributed by atoms with Crippen LogP contribution in [0.2, 0.25) is 0 Å². The third-order valence-corrected chi connectivity index (χ3v) is 6.71. The lowest BCUT2D eigenvalue weighted by molar-refractivity contribution is -0.119. The summed E-state index contributed by atoms with van der Waals surface area (Å²) in [5.74, 6) is 0.0829. The van der Waals surface area contributed by atoms with Crippen LogP contribution in [-0.4, -0.2) is 41.4 Å². The quantitative estimate of drug-likeness (QED) is 0.787. The molecule has 0 N–H and O–H groups in total. The van der Waals surface area contributed by atoms with E-state index in [1.165, 1.54) is 5.56 Å². The van der Waals surface area contributed by atoms with Crippen LogP contribution in [0.3, 0.4) is 0 Å². The Morgan fingerprint density at radius 2 is 1.73 bits per heavy atom. The lowest BCUT2D eigenvalue weighted by Gasteiger charge is -2.48. The van der Waals surface area contributed by atoms with Crippen LogP contribution < -0.4 is 9.80 Å². The average molecular weight is 403 g/mol. The van der Waals surface area contributed by atoms with Crippen molar-refractivity contribution in [3.63, 3.8) is 0 Å². The fraction of sp³-hybridized carbons (Fsp3) is 0.375. The standard InChI is InChI=1S/C24H25N3O3/c1-24-14-12-22(29)27(24)20-10-5-3-8-18(20)23(30)26(24)15-6-11-21(28)25-16-13-17-7-2-4-9-19(17)25/h2-5,7-10H,6,11-16H2,1H3/t24-/m0/s1. The van der Waals surface area contributed by atoms with Crippen molar-refractivity contribution in [2.45, 2.75) is 44.7 Å². The maximum atomic E-state index is 13.3. The number of nitrogens with zero attached hydrogens (tertiary/aromatic N) is 3. The largest absolute Gasteiger partial charge is 0.315 e. The first-order chi connectivity index (χ1) is 14.5. The van der Waals surface area contributed by atoms with Crippen LogP contribution in [0.15, 0.2) is 48.5 Å². The zero-order valence-corrected chi connectivity index (χ0v) is 17.1. The molecule has 0 unspecified atom stereocenters. The first-order valence-corrected chi connectivity index (χ1v) is 10.6. The van der Waals surface area contributed by atoms with Gasteiger partial charge in [-0.05, 0) is 49.9 Å². The summed E-state index contributed by atoms with van der Waals surface area (Å²) >= 11 is 0. The second-order valence-electron chi connectivity index (χ2n) is 8.45. The molecule has 3 heterocycles. The molecule has 154 valence electrons. The van der Waals surface area contributed by atoms with Crippen molar-refractivity contribution in [3.8, 4) is 0 Å². The molecule has 0 saturated carbocycles. The Morgan fingerprint density at radius 3 is 2.57 bits per heavy atom. The van der Waals surface area contributed by atoms with E-state index in [0.29, 0.717) is 50.0 Å². The van der Waals surface area contributed by atoms with Crippen LogP contribution in [0, 0.1) is 0 Å². The fourth-order valence-corrected chi connectivity index (χ4v) is 5.16. The second-order valence-corrected chi connectivity index (χ2v) is 8.45. The summed E-state index contributed by atoms with van der Waals surface area (Å²) in [7, 11) is 0. The molecule has 5 rings (SSSR count). The highest BCUT2D eigenvalue weighted by Crippen LogP contribution is 2.44. The summed E-state index contributed by atoms with van der Waals surface area (Å²) in [4.78, 5) is 44.2. The molecule has 0 spiro atoms. The highest BCUT2D eigenvalue weighted by atomic mass is 16.2. The number of para-hydroxylation sites is 2. The molecule has 0 aromatic heterocycles. The second kappa shape index (κ2) is 6.97. The van der Waals surface area contributed by atoms with E-state index in [1.54, 1.807) is 15.9 Å². The normalized spacial score (nSPS) is 22.2. The molecule has 3 aliphatic heterocycles. The van der Waals surface area contributed by atoms with Gasteiger partial charge >= 0.3 is 0 Å². The lowest BCUT2D eigenvalue weighted by Crippen LogP contribution is -2.62. The summed E-state index contributed by atoms with van der Waals surface area (Å²) in [6.45, 7) is 3.13. The molecule has 6 nitrogen and oxygen atoms in total. The first-order valence-electron chi connectivity index (χ1n) is 10.6. The average Bonchev–Trinajstić information content (AvgIpc) is 3.32. The Labute approximate surface area is 176 Å². The maximum absolute atomic E-state index is 13.3. The Morgan fingerprint density at radius 1 is 1.00 bits per heavy atom. The van der Waals surface area contributed by atoms with Gasteiger partial charge in [-0.25, -0.2) is 0 Å². The predicted octanol–water partition coefficient (Wildman–Crippen LogP) is 3.35. The number of benzene rings is 2. The van der Waals surface area contributed by atoms with Gasteiger partial charge in [-0.15, -0.1) is 0 Å². The summed E-state index contributed by atoms with van der Waals surface area (Å²) in [6, 6.07) is 15.3. The van der Waals surface area contributed by atoms with E-state index in [9.17, 15) is 14.4 Å². The van der Waals surface area contributed by atoms with Gasteiger partial charge in [-0.1, -0.05) is 30.3 Å². The molecule has 6 heteroatoms. The highest BCUT2D eigenvalue weighted by Gasteiger charge is 2.52. The van der Waals surface area contributed by atoms with Gasteiger partial charge in [0.15, 0.2) is 0 Å². The van der Waals surface area contributed by atoms with E-state index in [2.05, 4.69) is 6.07 Å². The Bertz CT molecular complexity index is 1050. The van der Waals surface area contributed by atoms with Gasteiger partial charge in [-0.2, -0.15) is 0 Å². The molecule has 1 saturated heterocycles. The van der Waals surface area contributed by atoms with Crippen LogP contribution >= 0.6 is 0 Å². The molecule has 1 atom stereocenters. The van der Waals surface area contributed by atoms with Crippen molar-refractivity contribution in [1.29, 1.82) is 0 Å². The lowest BCUT2D eigenvalue weighted by atomic mass is 9.98. The van der Waals surface area contributed by atoms with E-state index >= 15 is 0 Å². The molecular formula is C24H25N3O3. The smallest absolute Gasteiger partial charge is 0.257 e. The van der Waals surface area contributed by atoms with Crippen molar-refractivity contribution < 1.29 is 14.4 Å². The zero-order valence-electron chi connectivity index (χ0n) is 17.1. The van der Waals surface area contributed by atoms with E-state index < -0.39 is 5.66 Å². The highest BCUT2D eigenvalue weighted by molar-refractivity contribution is 6.10. The first kappa shape index (κ1) is 18.9. The molecule has 30 heavy (non-hydrogen) atoms. The molecule has 0 radical (unpaired) electrons. The number of hydrogen-bond donors (Lipinski definition) is 0. The number of hydrogen-bond acceptors (Lipinski definition) is 3. The number of amides is 3. The van der Waals surface area contributed by atoms with Gasteiger partial charge in [-0.3, -0.25) is 19.3 Å². The van der Waals surface area contributed by atoms with Gasteiger partial charge in [0.05, 0.1) is 11.3 Å². The minimum Gasteiger partial charge on any atom is -0.315 e. The monoisotopic (exact) mass is 403 g/mol. The zero-order chi connectivity index (χ0) is 20.9. The van der Waals surface area contributed by atoms with Crippen LogP contribution in [0.1, 0.15) is 48.5 Å². The third kappa shape index (κ3) is 2.74. The number of anilines is 2. The number of fused-ring (bicyclic) bond motifs is 4. The molecule has 0 aliphatic carbocycles. The Hall–Kier alpha value is -3.15. The molecule has 3 amide bonds.